The smallest absolute Gasteiger partial charge is 0.207 e. The summed E-state index contributed by atoms with van der Waals surface area (Å²) in [6.07, 6.45) is 0.802. The number of sulfonamides is 1. The molecule has 3 rings (SSSR count). The van der Waals surface area contributed by atoms with Gasteiger partial charge in [-0.3, -0.25) is 0 Å². The molecule has 2 aromatic carbocycles. The molecule has 0 amide bonds. The number of nitrogens with one attached hydrogen (secondary N) is 1. The number of hydrogen-bond acceptors (Lipinski definition) is 3. The maximum absolute atomic E-state index is 12.6. The quantitative estimate of drug-likeness (QED) is 0.840. The van der Waals surface area contributed by atoms with Crippen LogP contribution in [0.25, 0.3) is 0 Å². The van der Waals surface area contributed by atoms with Crippen LogP contribution in [-0.4, -0.2) is 14.2 Å². The van der Waals surface area contributed by atoms with Gasteiger partial charge in [0.15, 0.2) is 0 Å². The molecule has 1 atom stereocenters. The van der Waals surface area contributed by atoms with Gasteiger partial charge in [0.2, 0.25) is 10.0 Å². The summed E-state index contributed by atoms with van der Waals surface area (Å²) in [7, 11) is -3.52. The van der Waals surface area contributed by atoms with E-state index in [4.69, 9.17) is 0 Å². The first kappa shape index (κ1) is 16.1. The van der Waals surface area contributed by atoms with Gasteiger partial charge in [0.1, 0.15) is 0 Å². The zero-order valence-corrected chi connectivity index (χ0v) is 15.3. The first-order chi connectivity index (χ1) is 10.5. The van der Waals surface area contributed by atoms with Crippen molar-refractivity contribution in [2.45, 2.75) is 29.2 Å². The van der Waals surface area contributed by atoms with Crippen LogP contribution in [0.1, 0.15) is 23.6 Å². The molecule has 0 aromatic heterocycles. The predicted octanol–water partition coefficient (Wildman–Crippen LogP) is 4.27. The van der Waals surface area contributed by atoms with Crippen molar-refractivity contribution in [3.8, 4) is 0 Å². The summed E-state index contributed by atoms with van der Waals surface area (Å²) in [4.78, 5) is 1.47. The summed E-state index contributed by atoms with van der Waals surface area (Å²) in [6.45, 7) is 1.88. The van der Waals surface area contributed by atoms with Crippen molar-refractivity contribution in [2.75, 3.05) is 5.75 Å². The number of fused-ring (bicyclic) bond motifs is 1. The van der Waals surface area contributed by atoms with Crippen molar-refractivity contribution in [3.05, 3.63) is 58.1 Å². The molecule has 0 radical (unpaired) electrons. The Morgan fingerprint density at radius 3 is 2.77 bits per heavy atom. The second-order valence-corrected chi connectivity index (χ2v) is 8.96. The van der Waals surface area contributed by atoms with Crippen LogP contribution in [-0.2, 0) is 10.0 Å². The average molecular weight is 398 g/mol. The predicted molar refractivity (Wildman–Crippen MR) is 93.7 cm³/mol. The zero-order valence-electron chi connectivity index (χ0n) is 12.0. The fraction of sp³-hybridized carbons (Fsp3) is 0.250. The van der Waals surface area contributed by atoms with Gasteiger partial charge in [0.25, 0.3) is 0 Å². The Labute approximate surface area is 143 Å². The highest BCUT2D eigenvalue weighted by Crippen LogP contribution is 2.36. The van der Waals surface area contributed by atoms with E-state index in [2.05, 4.69) is 20.7 Å². The monoisotopic (exact) mass is 397 g/mol. The second kappa shape index (κ2) is 6.35. The van der Waals surface area contributed by atoms with Crippen LogP contribution < -0.4 is 4.72 Å². The van der Waals surface area contributed by atoms with E-state index in [0.717, 1.165) is 32.7 Å². The van der Waals surface area contributed by atoms with Crippen molar-refractivity contribution < 1.29 is 8.42 Å². The van der Waals surface area contributed by atoms with Crippen molar-refractivity contribution in [3.63, 3.8) is 0 Å². The van der Waals surface area contributed by atoms with Gasteiger partial charge in [0.05, 0.1) is 4.90 Å². The van der Waals surface area contributed by atoms with Gasteiger partial charge in [-0.1, -0.05) is 34.1 Å². The maximum Gasteiger partial charge on any atom is 0.241 e. The summed E-state index contributed by atoms with van der Waals surface area (Å²) in [6, 6.07) is 12.9. The largest absolute Gasteiger partial charge is 0.241 e. The van der Waals surface area contributed by atoms with Crippen molar-refractivity contribution in [2.24, 2.45) is 0 Å². The maximum atomic E-state index is 12.6. The first-order valence-electron chi connectivity index (χ1n) is 6.97. The summed E-state index contributed by atoms with van der Waals surface area (Å²) in [5.41, 5.74) is 1.97. The van der Waals surface area contributed by atoms with E-state index in [1.807, 2.05) is 31.2 Å². The number of benzene rings is 2. The lowest BCUT2D eigenvalue weighted by atomic mass is 10.1. The molecule has 22 heavy (non-hydrogen) atoms. The molecule has 6 heteroatoms. The first-order valence-corrected chi connectivity index (χ1v) is 10.2. The van der Waals surface area contributed by atoms with E-state index in [-0.39, 0.29) is 6.04 Å². The fourth-order valence-electron chi connectivity index (χ4n) is 2.50. The average Bonchev–Trinajstić information content (AvgIpc) is 2.50. The molecule has 1 unspecified atom stereocenters. The Balaban J connectivity index is 1.91. The third-order valence-corrected chi connectivity index (χ3v) is 7.18. The van der Waals surface area contributed by atoms with Gasteiger partial charge in [-0.25, -0.2) is 13.1 Å². The number of halogens is 1. The normalized spacial score (nSPS) is 18.0. The minimum atomic E-state index is -3.52. The molecule has 0 saturated heterocycles. The van der Waals surface area contributed by atoms with Gasteiger partial charge < -0.3 is 0 Å². The molecule has 116 valence electrons. The number of thioether (sulfide) groups is 1. The van der Waals surface area contributed by atoms with Gasteiger partial charge in [0, 0.05) is 15.4 Å². The van der Waals surface area contributed by atoms with Crippen LogP contribution >= 0.6 is 27.7 Å². The molecule has 0 fully saturated rings. The molecule has 1 aliphatic rings. The SMILES string of the molecule is Cc1cc(S(=O)(=O)NC2CCSc3ccccc32)ccc1Br. The molecule has 3 nitrogen and oxygen atoms in total. The topological polar surface area (TPSA) is 46.2 Å². The van der Waals surface area contributed by atoms with Gasteiger partial charge in [-0.15, -0.1) is 11.8 Å². The zero-order chi connectivity index (χ0) is 15.7. The second-order valence-electron chi connectivity index (χ2n) is 5.26. The summed E-state index contributed by atoms with van der Waals surface area (Å²) in [5.74, 6) is 0.920. The van der Waals surface area contributed by atoms with Gasteiger partial charge in [-0.2, -0.15) is 0 Å². The summed E-state index contributed by atoms with van der Waals surface area (Å²) >= 11 is 5.18. The highest BCUT2D eigenvalue weighted by atomic mass is 79.9. The van der Waals surface area contributed by atoms with E-state index in [0.29, 0.717) is 4.90 Å². The van der Waals surface area contributed by atoms with Crippen LogP contribution in [0.3, 0.4) is 0 Å². The van der Waals surface area contributed by atoms with E-state index in [1.165, 1.54) is 0 Å². The minimum Gasteiger partial charge on any atom is -0.207 e. The van der Waals surface area contributed by atoms with Gasteiger partial charge >= 0.3 is 0 Å². The number of rotatable bonds is 3. The van der Waals surface area contributed by atoms with Crippen molar-refractivity contribution in [1.82, 2.24) is 4.72 Å². The Kier molecular flexibility index (Phi) is 4.64. The van der Waals surface area contributed by atoms with Crippen LogP contribution in [0.5, 0.6) is 0 Å². The van der Waals surface area contributed by atoms with E-state index in [9.17, 15) is 8.42 Å². The summed E-state index contributed by atoms with van der Waals surface area (Å²) in [5, 5.41) is 0. The van der Waals surface area contributed by atoms with E-state index in [1.54, 1.807) is 30.0 Å². The van der Waals surface area contributed by atoms with Crippen molar-refractivity contribution in [1.29, 1.82) is 0 Å². The molecule has 0 aliphatic carbocycles. The van der Waals surface area contributed by atoms with Gasteiger partial charge in [-0.05, 0) is 54.5 Å². The summed E-state index contributed by atoms with van der Waals surface area (Å²) < 4.78 is 29.0. The Morgan fingerprint density at radius 2 is 2.00 bits per heavy atom. The number of aryl methyl sites for hydroxylation is 1. The van der Waals surface area contributed by atoms with Crippen LogP contribution in [0, 0.1) is 6.92 Å². The third-order valence-electron chi connectivity index (χ3n) is 3.70. The molecule has 0 saturated carbocycles. The van der Waals surface area contributed by atoms with Crippen LogP contribution in [0.4, 0.5) is 0 Å². The molecule has 1 N–H and O–H groups in total. The molecule has 1 heterocycles. The Bertz CT molecular complexity index is 806. The highest BCUT2D eigenvalue weighted by Gasteiger charge is 2.26. The van der Waals surface area contributed by atoms with E-state index < -0.39 is 10.0 Å². The standard InChI is InChI=1S/C16H16BrNO2S2/c1-11-10-12(6-7-14(11)17)22(19,20)18-15-8-9-21-16-5-3-2-4-13(15)16/h2-7,10,15,18H,8-9H2,1H3. The van der Waals surface area contributed by atoms with Crippen LogP contribution in [0.2, 0.25) is 0 Å². The highest BCUT2D eigenvalue weighted by molar-refractivity contribution is 9.10. The van der Waals surface area contributed by atoms with Crippen molar-refractivity contribution >= 4 is 37.7 Å². The molecule has 0 bridgehead atoms. The Morgan fingerprint density at radius 1 is 1.23 bits per heavy atom. The molecular formula is C16H16BrNO2S2. The molecule has 2 aromatic rings. The lowest BCUT2D eigenvalue weighted by molar-refractivity contribution is 0.546. The molecule has 0 spiro atoms. The number of hydrogen-bond donors (Lipinski definition) is 1. The molecular weight excluding hydrogens is 382 g/mol. The minimum absolute atomic E-state index is 0.161. The fourth-order valence-corrected chi connectivity index (χ4v) is 5.21. The Hall–Kier alpha value is -0.820. The lowest BCUT2D eigenvalue weighted by Gasteiger charge is -2.25. The lowest BCUT2D eigenvalue weighted by Crippen LogP contribution is -2.30. The molecule has 1 aliphatic heterocycles. The third kappa shape index (κ3) is 3.25. The van der Waals surface area contributed by atoms with E-state index >= 15 is 0 Å². The van der Waals surface area contributed by atoms with Crippen LogP contribution in [0.15, 0.2) is 56.7 Å².